The monoisotopic (exact) mass is 253 g/mol. The smallest absolute Gasteiger partial charge is 0.325 e. The summed E-state index contributed by atoms with van der Waals surface area (Å²) in [4.78, 5) is 11.3. The van der Waals surface area contributed by atoms with Gasteiger partial charge >= 0.3 is 5.97 Å². The highest BCUT2D eigenvalue weighted by atomic mass is 16.5. The lowest BCUT2D eigenvalue weighted by Gasteiger charge is -2.21. The summed E-state index contributed by atoms with van der Waals surface area (Å²) in [6.07, 6.45) is 0.381. The quantitative estimate of drug-likeness (QED) is 0.775. The van der Waals surface area contributed by atoms with Crippen LogP contribution in [-0.2, 0) is 9.53 Å². The fraction of sp³-hybridized carbons (Fsp3) is 0.462. The van der Waals surface area contributed by atoms with Crippen molar-refractivity contribution >= 4 is 5.97 Å². The van der Waals surface area contributed by atoms with E-state index in [0.29, 0.717) is 18.8 Å². The van der Waals surface area contributed by atoms with Gasteiger partial charge in [-0.05, 0) is 31.2 Å². The second-order valence-corrected chi connectivity index (χ2v) is 4.18. The van der Waals surface area contributed by atoms with Crippen molar-refractivity contribution in [3.05, 3.63) is 24.3 Å². The lowest BCUT2D eigenvalue weighted by atomic mass is 10.0. The topological polar surface area (TPSA) is 70.8 Å². The standard InChI is InChI=1S/C13H19NO4/c1-13(14,12(15)17-3)8-9-18-11-6-4-10(16-2)5-7-11/h4-7H,8-9,14H2,1-3H3. The summed E-state index contributed by atoms with van der Waals surface area (Å²) >= 11 is 0. The molecule has 0 heterocycles. The molecule has 5 heteroatoms. The Morgan fingerprint density at radius 3 is 2.28 bits per heavy atom. The highest BCUT2D eigenvalue weighted by molar-refractivity contribution is 5.79. The summed E-state index contributed by atoms with van der Waals surface area (Å²) in [7, 11) is 2.92. The first-order valence-corrected chi connectivity index (χ1v) is 5.64. The minimum atomic E-state index is -1.03. The molecule has 5 nitrogen and oxygen atoms in total. The Bertz CT molecular complexity index is 386. The largest absolute Gasteiger partial charge is 0.497 e. The molecule has 1 atom stereocenters. The predicted octanol–water partition coefficient (Wildman–Crippen LogP) is 1.35. The number of hydrogen-bond acceptors (Lipinski definition) is 5. The third-order valence-electron chi connectivity index (χ3n) is 2.60. The molecular weight excluding hydrogens is 234 g/mol. The Balaban J connectivity index is 2.43. The van der Waals surface area contributed by atoms with E-state index in [4.69, 9.17) is 15.2 Å². The molecule has 0 saturated carbocycles. The van der Waals surface area contributed by atoms with Gasteiger partial charge in [-0.2, -0.15) is 0 Å². The molecule has 0 radical (unpaired) electrons. The van der Waals surface area contributed by atoms with Gasteiger partial charge in [0, 0.05) is 6.42 Å². The summed E-state index contributed by atoms with van der Waals surface area (Å²) < 4.78 is 15.1. The Hall–Kier alpha value is -1.75. The van der Waals surface area contributed by atoms with Gasteiger partial charge in [-0.15, -0.1) is 0 Å². The number of ether oxygens (including phenoxy) is 3. The third kappa shape index (κ3) is 3.92. The Morgan fingerprint density at radius 1 is 1.22 bits per heavy atom. The summed E-state index contributed by atoms with van der Waals surface area (Å²) in [5.41, 5.74) is 4.78. The second kappa shape index (κ2) is 6.26. The Morgan fingerprint density at radius 2 is 1.78 bits per heavy atom. The molecule has 0 spiro atoms. The van der Waals surface area contributed by atoms with Gasteiger partial charge in [0.2, 0.25) is 0 Å². The molecule has 0 aliphatic carbocycles. The molecule has 1 unspecified atom stereocenters. The first-order chi connectivity index (χ1) is 8.49. The molecule has 1 rings (SSSR count). The van der Waals surface area contributed by atoms with E-state index < -0.39 is 11.5 Å². The molecule has 0 bridgehead atoms. The minimum absolute atomic E-state index is 0.342. The Labute approximate surface area is 107 Å². The van der Waals surface area contributed by atoms with E-state index in [1.54, 1.807) is 38.3 Å². The zero-order chi connectivity index (χ0) is 13.6. The highest BCUT2D eigenvalue weighted by Gasteiger charge is 2.29. The van der Waals surface area contributed by atoms with Crippen LogP contribution < -0.4 is 15.2 Å². The van der Waals surface area contributed by atoms with Gasteiger partial charge in [0.25, 0.3) is 0 Å². The molecule has 0 aliphatic heterocycles. The number of hydrogen-bond donors (Lipinski definition) is 1. The van der Waals surface area contributed by atoms with Crippen molar-refractivity contribution in [1.29, 1.82) is 0 Å². The first-order valence-electron chi connectivity index (χ1n) is 5.64. The van der Waals surface area contributed by atoms with E-state index in [9.17, 15) is 4.79 Å². The number of carbonyl (C=O) groups excluding carboxylic acids is 1. The van der Waals surface area contributed by atoms with Crippen LogP contribution in [0.3, 0.4) is 0 Å². The van der Waals surface area contributed by atoms with Crippen LogP contribution in [0, 0.1) is 0 Å². The lowest BCUT2D eigenvalue weighted by Crippen LogP contribution is -2.46. The van der Waals surface area contributed by atoms with Gasteiger partial charge in [-0.1, -0.05) is 0 Å². The van der Waals surface area contributed by atoms with Gasteiger partial charge in [-0.3, -0.25) is 4.79 Å². The average molecular weight is 253 g/mol. The van der Waals surface area contributed by atoms with Crippen LogP contribution in [0.5, 0.6) is 11.5 Å². The van der Waals surface area contributed by atoms with E-state index in [-0.39, 0.29) is 0 Å². The number of rotatable bonds is 6. The summed E-state index contributed by atoms with van der Waals surface area (Å²) in [6, 6.07) is 7.20. The molecule has 100 valence electrons. The third-order valence-corrected chi connectivity index (χ3v) is 2.60. The molecular formula is C13H19NO4. The second-order valence-electron chi connectivity index (χ2n) is 4.18. The summed E-state index contributed by atoms with van der Waals surface area (Å²) in [6.45, 7) is 1.96. The predicted molar refractivity (Wildman–Crippen MR) is 67.7 cm³/mol. The normalized spacial score (nSPS) is 13.6. The van der Waals surface area contributed by atoms with E-state index in [2.05, 4.69) is 4.74 Å². The van der Waals surface area contributed by atoms with E-state index in [1.807, 2.05) is 0 Å². The molecule has 0 aliphatic rings. The van der Waals surface area contributed by atoms with Crippen LogP contribution in [0.25, 0.3) is 0 Å². The summed E-state index contributed by atoms with van der Waals surface area (Å²) in [5.74, 6) is 1.03. The maximum atomic E-state index is 11.3. The summed E-state index contributed by atoms with van der Waals surface area (Å²) in [5, 5.41) is 0. The van der Waals surface area contributed by atoms with Crippen molar-refractivity contribution < 1.29 is 19.0 Å². The zero-order valence-electron chi connectivity index (χ0n) is 10.9. The molecule has 0 aromatic heterocycles. The van der Waals surface area contributed by atoms with Crippen molar-refractivity contribution in [3.63, 3.8) is 0 Å². The molecule has 1 aromatic rings. The van der Waals surface area contributed by atoms with E-state index in [0.717, 1.165) is 5.75 Å². The van der Waals surface area contributed by atoms with Crippen molar-refractivity contribution in [2.75, 3.05) is 20.8 Å². The van der Waals surface area contributed by atoms with Gasteiger partial charge in [0.05, 0.1) is 20.8 Å². The number of carbonyl (C=O) groups is 1. The van der Waals surface area contributed by atoms with Gasteiger partial charge in [0.15, 0.2) is 0 Å². The van der Waals surface area contributed by atoms with Crippen LogP contribution in [-0.4, -0.2) is 32.3 Å². The number of nitrogens with two attached hydrogens (primary N) is 1. The van der Waals surface area contributed by atoms with E-state index >= 15 is 0 Å². The lowest BCUT2D eigenvalue weighted by molar-refractivity contribution is -0.146. The fourth-order valence-corrected chi connectivity index (χ4v) is 1.39. The number of methoxy groups -OCH3 is 2. The van der Waals surface area contributed by atoms with Crippen molar-refractivity contribution in [3.8, 4) is 11.5 Å². The SMILES string of the molecule is COC(=O)C(C)(N)CCOc1ccc(OC)cc1. The minimum Gasteiger partial charge on any atom is -0.497 e. The molecule has 0 amide bonds. The van der Waals surface area contributed by atoms with Crippen LogP contribution in [0.1, 0.15) is 13.3 Å². The molecule has 0 saturated heterocycles. The van der Waals surface area contributed by atoms with Crippen LogP contribution in [0.2, 0.25) is 0 Å². The number of esters is 1. The maximum absolute atomic E-state index is 11.3. The van der Waals surface area contributed by atoms with Gasteiger partial charge in [-0.25, -0.2) is 0 Å². The van der Waals surface area contributed by atoms with Crippen molar-refractivity contribution in [2.24, 2.45) is 5.73 Å². The molecule has 2 N–H and O–H groups in total. The average Bonchev–Trinajstić information content (AvgIpc) is 2.38. The maximum Gasteiger partial charge on any atom is 0.325 e. The molecule has 18 heavy (non-hydrogen) atoms. The fourth-order valence-electron chi connectivity index (χ4n) is 1.39. The molecule has 0 fully saturated rings. The van der Waals surface area contributed by atoms with Gasteiger partial charge in [0.1, 0.15) is 17.0 Å². The molecule has 1 aromatic carbocycles. The van der Waals surface area contributed by atoms with Crippen LogP contribution in [0.4, 0.5) is 0 Å². The van der Waals surface area contributed by atoms with Crippen molar-refractivity contribution in [2.45, 2.75) is 18.9 Å². The van der Waals surface area contributed by atoms with Gasteiger partial charge < -0.3 is 19.9 Å². The zero-order valence-corrected chi connectivity index (χ0v) is 10.9. The van der Waals surface area contributed by atoms with Crippen molar-refractivity contribution in [1.82, 2.24) is 0 Å². The van der Waals surface area contributed by atoms with Crippen LogP contribution in [0.15, 0.2) is 24.3 Å². The highest BCUT2D eigenvalue weighted by Crippen LogP contribution is 2.18. The number of benzene rings is 1. The van der Waals surface area contributed by atoms with Crippen LogP contribution >= 0.6 is 0 Å². The first kappa shape index (κ1) is 14.3. The van der Waals surface area contributed by atoms with E-state index in [1.165, 1.54) is 7.11 Å². The Kier molecular flexibility index (Phi) is 4.97.